The molecule has 0 amide bonds. The van der Waals surface area contributed by atoms with E-state index in [0.717, 1.165) is 16.7 Å². The zero-order valence-corrected chi connectivity index (χ0v) is 36.9. The van der Waals surface area contributed by atoms with Crippen LogP contribution in [0.25, 0.3) is 0 Å². The quantitative estimate of drug-likeness (QED) is 0.187. The number of hydrogen-bond acceptors (Lipinski definition) is 17. The van der Waals surface area contributed by atoms with Gasteiger partial charge in [0.1, 0.15) is 24.0 Å². The number of phenolic OH excluding ortho intramolecular Hbond substituents is 1. The molecular weight excluding hydrogens is 821 g/mol. The fraction of sp³-hybridized carbons (Fsp3) is 0.511. The zero-order valence-electron chi connectivity index (χ0n) is 36.1. The van der Waals surface area contributed by atoms with Crippen LogP contribution in [0, 0.1) is 25.2 Å². The van der Waals surface area contributed by atoms with Crippen LogP contribution in [0.5, 0.6) is 40.2 Å². The van der Waals surface area contributed by atoms with Crippen LogP contribution in [-0.2, 0) is 37.4 Å². The van der Waals surface area contributed by atoms with Crippen LogP contribution < -0.4 is 33.7 Å². The van der Waals surface area contributed by atoms with E-state index < -0.39 is 58.7 Å². The Morgan fingerprint density at radius 2 is 1.76 bits per heavy atom. The van der Waals surface area contributed by atoms with E-state index in [9.17, 15) is 20.0 Å². The van der Waals surface area contributed by atoms with Crippen molar-refractivity contribution in [2.45, 2.75) is 101 Å². The predicted octanol–water partition coefficient (Wildman–Crippen LogP) is 5.60. The third kappa shape index (κ3) is 6.31. The zero-order chi connectivity index (χ0) is 44.2. The van der Waals surface area contributed by atoms with Crippen LogP contribution in [0.3, 0.4) is 0 Å². The van der Waals surface area contributed by atoms with Gasteiger partial charge in [0, 0.05) is 53.6 Å². The van der Waals surface area contributed by atoms with Crippen LogP contribution >= 0.6 is 11.8 Å². The molecule has 0 aliphatic carbocycles. The number of aryl methyl sites for hydroxylation is 1. The van der Waals surface area contributed by atoms with Gasteiger partial charge in [-0.15, -0.1) is 11.8 Å². The first kappa shape index (κ1) is 41.9. The van der Waals surface area contributed by atoms with Crippen LogP contribution in [0.2, 0.25) is 0 Å². The van der Waals surface area contributed by atoms with Gasteiger partial charge in [0.2, 0.25) is 6.79 Å². The molecule has 7 aliphatic heterocycles. The number of phenols is 1. The summed E-state index contributed by atoms with van der Waals surface area (Å²) >= 11 is 1.45. The molecular formula is C45H50N4O12S. The second-order valence-electron chi connectivity index (χ2n) is 17.6. The largest absolute Gasteiger partial charge is 0.514 e. The van der Waals surface area contributed by atoms with Crippen LogP contribution in [0.15, 0.2) is 18.2 Å². The minimum atomic E-state index is -1.45. The summed E-state index contributed by atoms with van der Waals surface area (Å²) < 4.78 is 47.6. The van der Waals surface area contributed by atoms with Gasteiger partial charge in [-0.3, -0.25) is 19.9 Å². The number of fused-ring (bicyclic) bond motifs is 9. The average molecular weight is 871 g/mol. The number of benzene rings is 3. The number of carbonyl (C=O) groups is 3. The number of carbonyl (C=O) groups excluding carboxylic acids is 3. The van der Waals surface area contributed by atoms with Gasteiger partial charge in [0.15, 0.2) is 40.0 Å². The number of nitrogens with one attached hydrogen (secondary N) is 1. The van der Waals surface area contributed by atoms with Gasteiger partial charge in [-0.05, 0) is 88.9 Å². The standard InChI is InChI=1S/C45H50N4O12S/c1-20-12-24-13-26-27(16-46)49-28-17-56-42(52)45(25-15-29(54-8)30(14-23(25)10-11-47-45)60-43(53)61-44(4,5)6)18-62-41(35(49)34(48(26)7)31(24)36(51)37(20)55-9)33-32(28)40-39(57-19-58-40)21(2)38(33)59-22(3)50/h12,14-15,26-28,34-35,41,47,51H,10-11,13,17-19H2,1-9H3/t26-,27+,28+,34-,35?,41-,45-/m1/s1. The highest BCUT2D eigenvalue weighted by Gasteiger charge is 2.62. The van der Waals surface area contributed by atoms with Crippen molar-refractivity contribution in [2.24, 2.45) is 0 Å². The SMILES string of the molecule is COc1cc2c(cc1OC(=O)OC(C)(C)C)CCN[C@]21CS[C@@H]2c3c(OC(C)=O)c(C)c4c(c3[C@H](COC1=O)N1C2[C@H]2c3c(cc(C)c(OC)c3O)C[C@H]([C@@H]1C#N)N2C)OCO4. The lowest BCUT2D eigenvalue weighted by atomic mass is 9.71. The number of thioether (sulfide) groups is 1. The van der Waals surface area contributed by atoms with E-state index in [2.05, 4.69) is 21.2 Å². The predicted molar refractivity (Wildman–Crippen MR) is 223 cm³/mol. The average Bonchev–Trinajstić information content (AvgIpc) is 3.70. The number of piperazine rings is 1. The van der Waals surface area contributed by atoms with Gasteiger partial charge in [-0.25, -0.2) is 9.59 Å². The summed E-state index contributed by atoms with van der Waals surface area (Å²) in [4.78, 5) is 45.3. The van der Waals surface area contributed by atoms with Crippen molar-refractivity contribution in [3.05, 3.63) is 62.7 Å². The Bertz CT molecular complexity index is 2460. The molecule has 7 heterocycles. The Labute approximate surface area is 363 Å². The molecule has 2 N–H and O–H groups in total. The van der Waals surface area contributed by atoms with E-state index in [1.165, 1.54) is 32.9 Å². The third-order valence-corrected chi connectivity index (χ3v) is 14.5. The number of nitrogens with zero attached hydrogens (tertiary/aromatic N) is 3. The molecule has 0 aromatic heterocycles. The van der Waals surface area contributed by atoms with Gasteiger partial charge in [0.25, 0.3) is 0 Å². The van der Waals surface area contributed by atoms with E-state index >= 15 is 4.79 Å². The molecule has 62 heavy (non-hydrogen) atoms. The molecule has 16 nitrogen and oxygen atoms in total. The lowest BCUT2D eigenvalue weighted by Gasteiger charge is -2.62. The van der Waals surface area contributed by atoms with Crippen molar-refractivity contribution in [3.8, 4) is 46.3 Å². The molecule has 0 saturated carbocycles. The summed E-state index contributed by atoms with van der Waals surface area (Å²) in [6.45, 7) is 10.3. The topological polar surface area (TPSA) is 188 Å². The molecule has 1 spiro atoms. The van der Waals surface area contributed by atoms with Crippen LogP contribution in [0.4, 0.5) is 4.79 Å². The number of rotatable bonds is 4. The fourth-order valence-electron chi connectivity index (χ4n) is 10.6. The van der Waals surface area contributed by atoms with Gasteiger partial charge in [-0.1, -0.05) is 6.07 Å². The van der Waals surface area contributed by atoms with Crippen molar-refractivity contribution in [2.75, 3.05) is 47.0 Å². The third-order valence-electron chi connectivity index (χ3n) is 13.0. The first-order chi connectivity index (χ1) is 29.5. The van der Waals surface area contributed by atoms with Gasteiger partial charge in [-0.2, -0.15) is 5.26 Å². The Kier molecular flexibility index (Phi) is 10.2. The Hall–Kier alpha value is -5.41. The number of methoxy groups -OCH3 is 2. The van der Waals surface area contributed by atoms with E-state index in [-0.39, 0.29) is 42.4 Å². The van der Waals surface area contributed by atoms with Crippen LogP contribution in [-0.4, -0.2) is 104 Å². The van der Waals surface area contributed by atoms with E-state index in [1.807, 2.05) is 27.0 Å². The summed E-state index contributed by atoms with van der Waals surface area (Å²) in [5.74, 6) is 0.906. The number of likely N-dealkylation sites (N-methyl/N-ethyl adjacent to an activating group) is 1. The maximum Gasteiger partial charge on any atom is 0.514 e. The first-order valence-corrected chi connectivity index (χ1v) is 21.7. The first-order valence-electron chi connectivity index (χ1n) is 20.6. The van der Waals surface area contributed by atoms with Gasteiger partial charge < -0.3 is 43.0 Å². The fourth-order valence-corrected chi connectivity index (χ4v) is 12.3. The number of aromatic hydroxyl groups is 1. The van der Waals surface area contributed by atoms with E-state index in [0.29, 0.717) is 70.2 Å². The molecule has 3 aromatic carbocycles. The second kappa shape index (κ2) is 15.1. The molecule has 2 saturated heterocycles. The summed E-state index contributed by atoms with van der Waals surface area (Å²) in [6, 6.07) is 5.15. The van der Waals surface area contributed by atoms with Crippen molar-refractivity contribution in [1.82, 2.24) is 15.1 Å². The lowest BCUT2D eigenvalue weighted by Crippen LogP contribution is -2.69. The second-order valence-corrected chi connectivity index (χ2v) is 18.8. The summed E-state index contributed by atoms with van der Waals surface area (Å²) in [5, 5.41) is 26.3. The highest BCUT2D eigenvalue weighted by atomic mass is 32.2. The Morgan fingerprint density at radius 3 is 2.45 bits per heavy atom. The minimum absolute atomic E-state index is 0.0238. The summed E-state index contributed by atoms with van der Waals surface area (Å²) in [7, 11) is 4.96. The highest BCUT2D eigenvalue weighted by molar-refractivity contribution is 7.99. The summed E-state index contributed by atoms with van der Waals surface area (Å²) in [5.41, 5.74) is 3.30. The molecule has 17 heteroatoms. The molecule has 2 fully saturated rings. The van der Waals surface area contributed by atoms with Crippen molar-refractivity contribution < 1.29 is 57.4 Å². The Morgan fingerprint density at radius 1 is 1.00 bits per heavy atom. The van der Waals surface area contributed by atoms with Crippen LogP contribution in [0.1, 0.15) is 89.5 Å². The van der Waals surface area contributed by atoms with Gasteiger partial charge in [0.05, 0.1) is 37.6 Å². The minimum Gasteiger partial charge on any atom is -0.504 e. The van der Waals surface area contributed by atoms with E-state index in [4.69, 9.17) is 37.9 Å². The van der Waals surface area contributed by atoms with Crippen molar-refractivity contribution in [3.63, 3.8) is 0 Å². The molecule has 4 bridgehead atoms. The summed E-state index contributed by atoms with van der Waals surface area (Å²) in [6.07, 6.45) is 0.0593. The molecule has 328 valence electrons. The van der Waals surface area contributed by atoms with E-state index in [1.54, 1.807) is 32.9 Å². The number of nitriles is 1. The van der Waals surface area contributed by atoms with Crippen molar-refractivity contribution >= 4 is 29.9 Å². The van der Waals surface area contributed by atoms with Gasteiger partial charge >= 0.3 is 18.1 Å². The molecule has 10 rings (SSSR count). The normalized spacial score (nSPS) is 27.1. The smallest absolute Gasteiger partial charge is 0.504 e. The maximum absolute atomic E-state index is 15.0. The molecule has 1 unspecified atom stereocenters. The maximum atomic E-state index is 15.0. The lowest BCUT2D eigenvalue weighted by molar-refractivity contribution is -0.157. The monoisotopic (exact) mass is 870 g/mol. The molecule has 7 aliphatic rings. The van der Waals surface area contributed by atoms with Crippen molar-refractivity contribution in [1.29, 1.82) is 5.26 Å². The molecule has 7 atom stereocenters. The molecule has 0 radical (unpaired) electrons. The highest BCUT2D eigenvalue weighted by Crippen LogP contribution is 2.64. The Balaban J connectivity index is 1.27. The number of hydrogen-bond donors (Lipinski definition) is 2. The molecule has 3 aromatic rings. The number of ether oxygens (including phenoxy) is 8. The number of esters is 2.